The number of methoxy groups -OCH3 is 1. The smallest absolute Gasteiger partial charge is 0.416 e. The molecule has 0 saturated carbocycles. The van der Waals surface area contributed by atoms with Crippen LogP contribution in [0.3, 0.4) is 0 Å². The lowest BCUT2D eigenvalue weighted by Gasteiger charge is -2.41. The van der Waals surface area contributed by atoms with Crippen LogP contribution in [-0.4, -0.2) is 36.3 Å². The predicted octanol–water partition coefficient (Wildman–Crippen LogP) is 7.28. The van der Waals surface area contributed by atoms with E-state index in [4.69, 9.17) is 15.2 Å². The van der Waals surface area contributed by atoms with Crippen molar-refractivity contribution in [2.45, 2.75) is 84.2 Å². The van der Waals surface area contributed by atoms with Crippen molar-refractivity contribution in [1.29, 1.82) is 0 Å². The van der Waals surface area contributed by atoms with Gasteiger partial charge in [0.2, 0.25) is 0 Å². The van der Waals surface area contributed by atoms with Crippen LogP contribution >= 0.6 is 0 Å². The molecule has 2 aliphatic carbocycles. The van der Waals surface area contributed by atoms with Crippen LogP contribution in [0.15, 0.2) is 52.5 Å². The SMILES string of the molecule is COC1(C)CC(F)=C(N)C=C1C1=C(CN2C(=O)O[C@H](c3cc(C)cc(C(F)(F)F)c3)[C@@H]2C)CC(C)(C)CC1. The molecule has 2 N–H and O–H groups in total. The van der Waals surface area contributed by atoms with Crippen LogP contribution in [-0.2, 0) is 15.7 Å². The molecular weight excluding hydrogens is 500 g/mol. The lowest BCUT2D eigenvalue weighted by atomic mass is 9.69. The van der Waals surface area contributed by atoms with E-state index >= 15 is 0 Å². The average Bonchev–Trinajstić information content (AvgIpc) is 3.09. The van der Waals surface area contributed by atoms with Crippen molar-refractivity contribution < 1.29 is 31.8 Å². The van der Waals surface area contributed by atoms with Gasteiger partial charge in [-0.1, -0.05) is 25.5 Å². The van der Waals surface area contributed by atoms with Crippen LogP contribution in [0.2, 0.25) is 0 Å². The Morgan fingerprint density at radius 2 is 1.87 bits per heavy atom. The van der Waals surface area contributed by atoms with Crippen molar-refractivity contribution in [2.24, 2.45) is 11.1 Å². The number of carbonyl (C=O) groups is 1. The normalized spacial score (nSPS) is 28.1. The predicted molar refractivity (Wildman–Crippen MR) is 137 cm³/mol. The maximum atomic E-state index is 14.5. The van der Waals surface area contributed by atoms with Crippen LogP contribution in [0.25, 0.3) is 0 Å². The van der Waals surface area contributed by atoms with Gasteiger partial charge in [-0.2, -0.15) is 13.2 Å². The van der Waals surface area contributed by atoms with Crippen LogP contribution < -0.4 is 5.73 Å². The van der Waals surface area contributed by atoms with Crippen molar-refractivity contribution in [3.05, 3.63) is 69.2 Å². The fourth-order valence-electron chi connectivity index (χ4n) is 5.86. The summed E-state index contributed by atoms with van der Waals surface area (Å²) in [5, 5.41) is 0. The first-order chi connectivity index (χ1) is 17.5. The Hall–Kier alpha value is -2.81. The summed E-state index contributed by atoms with van der Waals surface area (Å²) < 4.78 is 66.2. The van der Waals surface area contributed by atoms with Gasteiger partial charge in [0.25, 0.3) is 0 Å². The van der Waals surface area contributed by atoms with Gasteiger partial charge in [-0.15, -0.1) is 0 Å². The van der Waals surface area contributed by atoms with Gasteiger partial charge in [0, 0.05) is 20.1 Å². The summed E-state index contributed by atoms with van der Waals surface area (Å²) >= 11 is 0. The molecule has 1 fully saturated rings. The minimum Gasteiger partial charge on any atom is -0.439 e. The Labute approximate surface area is 221 Å². The highest BCUT2D eigenvalue weighted by molar-refractivity contribution is 5.71. The number of nitrogens with zero attached hydrogens (tertiary/aromatic N) is 1. The Morgan fingerprint density at radius 1 is 1.18 bits per heavy atom. The van der Waals surface area contributed by atoms with E-state index in [-0.39, 0.29) is 24.1 Å². The van der Waals surface area contributed by atoms with Crippen molar-refractivity contribution >= 4 is 6.09 Å². The van der Waals surface area contributed by atoms with E-state index in [0.29, 0.717) is 24.0 Å². The van der Waals surface area contributed by atoms with Gasteiger partial charge in [0.1, 0.15) is 11.9 Å². The number of rotatable bonds is 5. The zero-order valence-corrected chi connectivity index (χ0v) is 22.8. The van der Waals surface area contributed by atoms with Gasteiger partial charge in [-0.05, 0) is 85.9 Å². The molecule has 0 radical (unpaired) electrons. The highest BCUT2D eigenvalue weighted by Crippen LogP contribution is 2.48. The summed E-state index contributed by atoms with van der Waals surface area (Å²) in [5.74, 6) is -0.424. The number of benzene rings is 1. The molecule has 1 amide bonds. The third kappa shape index (κ3) is 5.35. The van der Waals surface area contributed by atoms with Crippen LogP contribution in [0.5, 0.6) is 0 Å². The van der Waals surface area contributed by atoms with E-state index in [1.165, 1.54) is 7.11 Å². The summed E-state index contributed by atoms with van der Waals surface area (Å²) in [5.41, 5.74) is 7.88. The molecule has 38 heavy (non-hydrogen) atoms. The number of amides is 1. The van der Waals surface area contributed by atoms with Gasteiger partial charge in [0.15, 0.2) is 0 Å². The number of allylic oxidation sites excluding steroid dienone is 1. The fraction of sp³-hybridized carbons (Fsp3) is 0.552. The summed E-state index contributed by atoms with van der Waals surface area (Å²) in [4.78, 5) is 14.6. The topological polar surface area (TPSA) is 64.8 Å². The second-order valence-electron chi connectivity index (χ2n) is 11.8. The Balaban J connectivity index is 1.71. The molecule has 4 rings (SSSR count). The second kappa shape index (κ2) is 9.74. The Morgan fingerprint density at radius 3 is 2.50 bits per heavy atom. The number of ether oxygens (including phenoxy) is 2. The van der Waals surface area contributed by atoms with Gasteiger partial charge in [-0.25, -0.2) is 9.18 Å². The van der Waals surface area contributed by atoms with Gasteiger partial charge < -0.3 is 15.2 Å². The number of cyclic esters (lactones) is 1. The summed E-state index contributed by atoms with van der Waals surface area (Å²) in [6.07, 6.45) is -1.99. The first kappa shape index (κ1) is 28.2. The lowest BCUT2D eigenvalue weighted by Crippen LogP contribution is -2.39. The number of halogens is 4. The number of carbonyl (C=O) groups excluding carboxylic acids is 1. The molecule has 1 heterocycles. The van der Waals surface area contributed by atoms with Crippen LogP contribution in [0.4, 0.5) is 22.4 Å². The molecule has 1 aromatic rings. The molecule has 0 bridgehead atoms. The van der Waals surface area contributed by atoms with E-state index < -0.39 is 41.4 Å². The molecule has 0 aromatic heterocycles. The maximum Gasteiger partial charge on any atom is 0.416 e. The van der Waals surface area contributed by atoms with Crippen molar-refractivity contribution in [3.8, 4) is 0 Å². The molecular formula is C29H36F4N2O3. The van der Waals surface area contributed by atoms with Crippen molar-refractivity contribution in [2.75, 3.05) is 13.7 Å². The highest BCUT2D eigenvalue weighted by Gasteiger charge is 2.44. The molecule has 5 nitrogen and oxygen atoms in total. The Bertz CT molecular complexity index is 1230. The quantitative estimate of drug-likeness (QED) is 0.402. The zero-order chi connectivity index (χ0) is 28.2. The minimum absolute atomic E-state index is 0.0144. The monoisotopic (exact) mass is 536 g/mol. The van der Waals surface area contributed by atoms with E-state index in [0.717, 1.165) is 35.3 Å². The van der Waals surface area contributed by atoms with Gasteiger partial charge in [0.05, 0.1) is 22.9 Å². The van der Waals surface area contributed by atoms with E-state index in [2.05, 4.69) is 13.8 Å². The third-order valence-electron chi connectivity index (χ3n) is 8.13. The zero-order valence-electron chi connectivity index (χ0n) is 22.8. The van der Waals surface area contributed by atoms with Crippen LogP contribution in [0, 0.1) is 12.3 Å². The number of aryl methyl sites for hydroxylation is 1. The number of hydrogen-bond acceptors (Lipinski definition) is 4. The largest absolute Gasteiger partial charge is 0.439 e. The third-order valence-corrected chi connectivity index (χ3v) is 8.13. The van der Waals surface area contributed by atoms with E-state index in [1.54, 1.807) is 30.9 Å². The first-order valence-corrected chi connectivity index (χ1v) is 12.8. The fourth-order valence-corrected chi connectivity index (χ4v) is 5.86. The molecule has 0 spiro atoms. The highest BCUT2D eigenvalue weighted by atomic mass is 19.4. The summed E-state index contributed by atoms with van der Waals surface area (Å²) in [6, 6.07) is 3.26. The first-order valence-electron chi connectivity index (χ1n) is 12.8. The van der Waals surface area contributed by atoms with Gasteiger partial charge in [-0.3, -0.25) is 4.90 Å². The summed E-state index contributed by atoms with van der Waals surface area (Å²) in [7, 11) is 1.54. The van der Waals surface area contributed by atoms with Crippen LogP contribution in [0.1, 0.15) is 76.2 Å². The van der Waals surface area contributed by atoms with Crippen molar-refractivity contribution in [1.82, 2.24) is 4.90 Å². The second-order valence-corrected chi connectivity index (χ2v) is 11.8. The number of alkyl halides is 3. The van der Waals surface area contributed by atoms with Gasteiger partial charge >= 0.3 is 12.3 Å². The number of hydrogen-bond donors (Lipinski definition) is 1. The molecule has 1 saturated heterocycles. The molecule has 1 unspecified atom stereocenters. The standard InChI is InChI=1S/C29H36F4N2O3/c1-16-9-18(11-20(10-16)29(31,32)33)25-17(2)35(26(36)38-25)15-19-13-27(3,4)8-7-21(19)22-12-24(34)23(30)14-28(22,5)37-6/h9-12,17,25H,7-8,13-15,34H2,1-6H3/t17-,25-,28?/m0/s1. The Kier molecular flexibility index (Phi) is 7.23. The molecule has 9 heteroatoms. The van der Waals surface area contributed by atoms with Crippen molar-refractivity contribution in [3.63, 3.8) is 0 Å². The van der Waals surface area contributed by atoms with E-state index in [9.17, 15) is 22.4 Å². The average molecular weight is 537 g/mol. The lowest BCUT2D eigenvalue weighted by molar-refractivity contribution is -0.137. The summed E-state index contributed by atoms with van der Waals surface area (Å²) in [6.45, 7) is 9.76. The maximum absolute atomic E-state index is 14.5. The molecule has 1 aromatic carbocycles. The number of nitrogens with two attached hydrogens (primary N) is 1. The molecule has 208 valence electrons. The molecule has 3 atom stereocenters. The molecule has 3 aliphatic rings. The molecule has 1 aliphatic heterocycles. The minimum atomic E-state index is -4.50. The van der Waals surface area contributed by atoms with E-state index in [1.807, 2.05) is 6.92 Å².